The van der Waals surface area contributed by atoms with E-state index in [-0.39, 0.29) is 6.10 Å². The molecule has 0 spiro atoms. The van der Waals surface area contributed by atoms with Crippen LogP contribution in [0, 0.1) is 11.3 Å². The number of halogens is 6. The highest BCUT2D eigenvalue weighted by Gasteiger charge is 2.67. The zero-order valence-electron chi connectivity index (χ0n) is 10.3. The average molecular weight is 405 g/mol. The van der Waals surface area contributed by atoms with Crippen molar-refractivity contribution < 1.29 is 14.6 Å². The van der Waals surface area contributed by atoms with Crippen molar-refractivity contribution in [3.63, 3.8) is 0 Å². The summed E-state index contributed by atoms with van der Waals surface area (Å²) in [6, 6.07) is 0. The maximum absolute atomic E-state index is 12.5. The van der Waals surface area contributed by atoms with Crippen molar-refractivity contribution >= 4 is 75.4 Å². The van der Waals surface area contributed by atoms with Crippen LogP contribution in [-0.2, 0) is 9.53 Å². The summed E-state index contributed by atoms with van der Waals surface area (Å²) in [6.45, 7) is 1.59. The summed E-state index contributed by atoms with van der Waals surface area (Å²) in [5.74, 6) is -1.32. The lowest BCUT2D eigenvalue weighted by Crippen LogP contribution is -2.55. The molecule has 1 saturated carbocycles. The van der Waals surface area contributed by atoms with Crippen LogP contribution in [0.5, 0.6) is 0 Å². The minimum Gasteiger partial charge on any atom is -0.388 e. The number of epoxide rings is 1. The molecule has 3 nitrogen and oxygen atoms in total. The van der Waals surface area contributed by atoms with E-state index >= 15 is 0 Å². The Kier molecular flexibility index (Phi) is 4.82. The number of alkyl halides is 6. The number of Topliss-reactive ketones (excluding diaryl/α,β-unsaturated/α-hetero) is 1. The molecule has 0 aromatic heterocycles. The normalized spacial score (nSPS) is 39.1. The largest absolute Gasteiger partial charge is 0.388 e. The number of hydrogen-bond acceptors (Lipinski definition) is 3. The van der Waals surface area contributed by atoms with Gasteiger partial charge in [-0.25, -0.2) is 0 Å². The van der Waals surface area contributed by atoms with Gasteiger partial charge in [0.05, 0.1) is 17.6 Å². The predicted molar refractivity (Wildman–Crippen MR) is 81.1 cm³/mol. The van der Waals surface area contributed by atoms with Crippen LogP contribution in [0.3, 0.4) is 0 Å². The molecule has 1 heterocycles. The number of aliphatic hydroxyl groups is 1. The van der Waals surface area contributed by atoms with E-state index in [1.54, 1.807) is 6.92 Å². The van der Waals surface area contributed by atoms with Gasteiger partial charge in [-0.15, -0.1) is 0 Å². The molecule has 5 atom stereocenters. The highest BCUT2D eigenvalue weighted by molar-refractivity contribution is 6.76. The second-order valence-electron chi connectivity index (χ2n) is 5.38. The molecule has 1 aliphatic heterocycles. The Labute approximate surface area is 146 Å². The number of hydrogen-bond donors (Lipinski definition) is 1. The standard InChI is InChI=1S/C11H12Cl6O3/c1-9(8(19)11(15,16)17)4(6(18)10(12,13)14)2-3-5-7(9)20-5/h4-7,18H,2-3H2,1H3/t4-,5+,6-,7+,9-/m0/s1. The van der Waals surface area contributed by atoms with Gasteiger partial charge in [0.2, 0.25) is 7.59 Å². The maximum atomic E-state index is 12.5. The Hall–Kier alpha value is 1.33. The number of fused-ring (bicyclic) bond motifs is 1. The topological polar surface area (TPSA) is 49.8 Å². The van der Waals surface area contributed by atoms with Gasteiger partial charge >= 0.3 is 0 Å². The molecule has 9 heteroatoms. The van der Waals surface area contributed by atoms with E-state index in [0.717, 1.165) is 0 Å². The molecule has 0 radical (unpaired) electrons. The van der Waals surface area contributed by atoms with Gasteiger partial charge in [0.15, 0.2) is 5.78 Å². The smallest absolute Gasteiger partial charge is 0.249 e. The van der Waals surface area contributed by atoms with Crippen LogP contribution in [0.2, 0.25) is 0 Å². The van der Waals surface area contributed by atoms with Gasteiger partial charge in [0.25, 0.3) is 0 Å². The second kappa shape index (κ2) is 5.45. The summed E-state index contributed by atoms with van der Waals surface area (Å²) in [5.41, 5.74) is -1.21. The van der Waals surface area contributed by atoms with Crippen LogP contribution >= 0.6 is 69.6 Å². The molecule has 1 aliphatic carbocycles. The van der Waals surface area contributed by atoms with Gasteiger partial charge in [-0.05, 0) is 19.8 Å². The summed E-state index contributed by atoms with van der Waals surface area (Å²) in [7, 11) is 0. The van der Waals surface area contributed by atoms with Gasteiger partial charge < -0.3 is 9.84 Å². The lowest BCUT2D eigenvalue weighted by Gasteiger charge is -2.43. The summed E-state index contributed by atoms with van der Waals surface area (Å²) < 4.78 is 1.42. The van der Waals surface area contributed by atoms with E-state index in [0.29, 0.717) is 12.8 Å². The summed E-state index contributed by atoms with van der Waals surface area (Å²) in [4.78, 5) is 12.5. The molecule has 116 valence electrons. The third kappa shape index (κ3) is 3.03. The first-order valence-corrected chi connectivity index (χ1v) is 8.18. The number of carbonyl (C=O) groups excluding carboxylic acids is 1. The molecule has 1 N–H and O–H groups in total. The fourth-order valence-electron chi connectivity index (χ4n) is 3.06. The number of aliphatic hydroxyl groups excluding tert-OH is 1. The Morgan fingerprint density at radius 1 is 1.25 bits per heavy atom. The first kappa shape index (κ1) is 17.7. The highest BCUT2D eigenvalue weighted by atomic mass is 35.6. The predicted octanol–water partition coefficient (Wildman–Crippen LogP) is 3.84. The fourth-order valence-corrected chi connectivity index (χ4v) is 4.13. The molecule has 0 amide bonds. The van der Waals surface area contributed by atoms with Crippen LogP contribution < -0.4 is 0 Å². The van der Waals surface area contributed by atoms with E-state index in [2.05, 4.69) is 0 Å². The van der Waals surface area contributed by atoms with Crippen LogP contribution in [0.4, 0.5) is 0 Å². The van der Waals surface area contributed by atoms with Gasteiger partial charge in [-0.3, -0.25) is 4.79 Å². The molecule has 2 aliphatic rings. The molecule has 1 saturated heterocycles. The third-order valence-electron chi connectivity index (χ3n) is 4.17. The van der Waals surface area contributed by atoms with E-state index in [1.807, 2.05) is 0 Å². The van der Waals surface area contributed by atoms with Crippen LogP contribution in [0.25, 0.3) is 0 Å². The molecule has 0 bridgehead atoms. The Bertz CT molecular complexity index is 417. The summed E-state index contributed by atoms with van der Waals surface area (Å²) >= 11 is 34.4. The highest BCUT2D eigenvalue weighted by Crippen LogP contribution is 2.58. The number of ketones is 1. The number of rotatable bonds is 2. The van der Waals surface area contributed by atoms with Gasteiger partial charge in [0, 0.05) is 5.92 Å². The van der Waals surface area contributed by atoms with Gasteiger partial charge in [-0.2, -0.15) is 0 Å². The first-order valence-electron chi connectivity index (χ1n) is 5.92. The molecule has 0 aromatic rings. The molecule has 2 rings (SSSR count). The third-order valence-corrected chi connectivity index (χ3v) is 5.35. The molecule has 20 heavy (non-hydrogen) atoms. The zero-order chi connectivity index (χ0) is 15.5. The minimum atomic E-state index is -2.12. The lowest BCUT2D eigenvalue weighted by atomic mass is 9.63. The van der Waals surface area contributed by atoms with Crippen LogP contribution in [-0.4, -0.2) is 36.8 Å². The number of carbonyl (C=O) groups is 1. The minimum absolute atomic E-state index is 0.0740. The van der Waals surface area contributed by atoms with Crippen LogP contribution in [0.15, 0.2) is 0 Å². The van der Waals surface area contributed by atoms with Crippen molar-refractivity contribution in [1.29, 1.82) is 0 Å². The molecule has 0 unspecified atom stereocenters. The van der Waals surface area contributed by atoms with E-state index in [9.17, 15) is 9.90 Å². The molecule has 0 aromatic carbocycles. The summed E-state index contributed by atoms with van der Waals surface area (Å²) in [5, 5.41) is 10.3. The monoisotopic (exact) mass is 402 g/mol. The van der Waals surface area contributed by atoms with Crippen molar-refractivity contribution in [3.8, 4) is 0 Å². The van der Waals surface area contributed by atoms with Crippen molar-refractivity contribution in [2.75, 3.05) is 0 Å². The van der Waals surface area contributed by atoms with Crippen LogP contribution in [0.1, 0.15) is 19.8 Å². The van der Waals surface area contributed by atoms with E-state index in [4.69, 9.17) is 74.3 Å². The van der Waals surface area contributed by atoms with E-state index < -0.39 is 36.9 Å². The average Bonchev–Trinajstić information content (AvgIpc) is 3.05. The SMILES string of the molecule is C[C@@]1(C(=O)C(Cl)(Cl)Cl)[C@@H]2O[C@@H]2CC[C@H]1[C@H](O)C(Cl)(Cl)Cl. The van der Waals surface area contributed by atoms with Crippen molar-refractivity contribution in [1.82, 2.24) is 0 Å². The quantitative estimate of drug-likeness (QED) is 0.562. The van der Waals surface area contributed by atoms with Crippen molar-refractivity contribution in [3.05, 3.63) is 0 Å². The Balaban J connectivity index is 2.37. The van der Waals surface area contributed by atoms with Crippen molar-refractivity contribution in [2.24, 2.45) is 11.3 Å². The van der Waals surface area contributed by atoms with Crippen molar-refractivity contribution in [2.45, 2.75) is 45.7 Å². The lowest BCUT2D eigenvalue weighted by molar-refractivity contribution is -0.135. The maximum Gasteiger partial charge on any atom is 0.249 e. The Morgan fingerprint density at radius 2 is 1.80 bits per heavy atom. The number of ether oxygens (including phenoxy) is 1. The molecule has 2 fully saturated rings. The van der Waals surface area contributed by atoms with E-state index in [1.165, 1.54) is 0 Å². The fraction of sp³-hybridized carbons (Fsp3) is 0.909. The summed E-state index contributed by atoms with van der Waals surface area (Å²) in [6.07, 6.45) is -0.754. The second-order valence-corrected chi connectivity index (χ2v) is 10.0. The zero-order valence-corrected chi connectivity index (χ0v) is 14.8. The van der Waals surface area contributed by atoms with Gasteiger partial charge in [-0.1, -0.05) is 69.6 Å². The molecular weight excluding hydrogens is 393 g/mol. The van der Waals surface area contributed by atoms with Gasteiger partial charge in [0.1, 0.15) is 6.10 Å². The Morgan fingerprint density at radius 3 is 2.25 bits per heavy atom. The molecular formula is C11H12Cl6O3. The first-order chi connectivity index (χ1) is 8.90.